The molecule has 0 aliphatic rings. The molecule has 0 amide bonds. The van der Waals surface area contributed by atoms with Gasteiger partial charge in [0.1, 0.15) is 5.58 Å². The molecular formula is C18H20O5S. The molecule has 3 aromatic rings. The third-order valence-corrected chi connectivity index (χ3v) is 4.35. The fourth-order valence-electron chi connectivity index (χ4n) is 2.21. The number of fused-ring (bicyclic) bond motifs is 1. The first-order valence-corrected chi connectivity index (χ1v) is 8.96. The first-order valence-electron chi connectivity index (χ1n) is 7.52. The molecule has 0 unspecified atom stereocenters. The molecule has 2 aromatic carbocycles. The van der Waals surface area contributed by atoms with E-state index in [9.17, 15) is 8.42 Å². The Balaban J connectivity index is 0.000000177. The summed E-state index contributed by atoms with van der Waals surface area (Å²) >= 11 is 0. The number of benzene rings is 2. The SMILES string of the molecule is Cc1ccc(S(=O)(=O)O)cc1.OCCCc1coc2ccccc12. The molecule has 24 heavy (non-hydrogen) atoms. The summed E-state index contributed by atoms with van der Waals surface area (Å²) in [5.74, 6) is 0. The average molecular weight is 348 g/mol. The second-order valence-electron chi connectivity index (χ2n) is 5.37. The summed E-state index contributed by atoms with van der Waals surface area (Å²) < 4.78 is 34.9. The van der Waals surface area contributed by atoms with Crippen LogP contribution in [0.5, 0.6) is 0 Å². The standard InChI is InChI=1S/C11H12O2.C7H8O3S/c12-7-3-4-9-8-13-11-6-2-1-5-10(9)11;1-6-2-4-7(5-3-6)11(8,9)10/h1-2,5-6,8,12H,3-4,7H2;2-5H,1H3,(H,8,9,10). The molecule has 6 heteroatoms. The van der Waals surface area contributed by atoms with Crippen molar-refractivity contribution in [2.75, 3.05) is 6.61 Å². The summed E-state index contributed by atoms with van der Waals surface area (Å²) in [6, 6.07) is 14.0. The van der Waals surface area contributed by atoms with Crippen LogP contribution in [0.25, 0.3) is 11.0 Å². The van der Waals surface area contributed by atoms with E-state index in [2.05, 4.69) is 0 Å². The molecule has 0 saturated heterocycles. The van der Waals surface area contributed by atoms with Crippen LogP contribution in [0.2, 0.25) is 0 Å². The highest BCUT2D eigenvalue weighted by Crippen LogP contribution is 2.21. The highest BCUT2D eigenvalue weighted by atomic mass is 32.2. The van der Waals surface area contributed by atoms with Crippen LogP contribution in [0, 0.1) is 6.92 Å². The van der Waals surface area contributed by atoms with Crippen molar-refractivity contribution in [3.05, 3.63) is 65.9 Å². The number of aliphatic hydroxyl groups excluding tert-OH is 1. The van der Waals surface area contributed by atoms with Crippen molar-refractivity contribution in [2.45, 2.75) is 24.7 Å². The molecule has 0 bridgehead atoms. The number of aryl methyl sites for hydroxylation is 2. The minimum atomic E-state index is -4.02. The zero-order valence-electron chi connectivity index (χ0n) is 13.3. The van der Waals surface area contributed by atoms with E-state index in [1.54, 1.807) is 18.4 Å². The Morgan fingerprint density at radius 2 is 1.71 bits per heavy atom. The molecule has 0 aliphatic heterocycles. The van der Waals surface area contributed by atoms with Crippen molar-refractivity contribution in [2.24, 2.45) is 0 Å². The van der Waals surface area contributed by atoms with E-state index in [1.165, 1.54) is 17.7 Å². The van der Waals surface area contributed by atoms with E-state index in [4.69, 9.17) is 14.1 Å². The summed E-state index contributed by atoms with van der Waals surface area (Å²) in [5, 5.41) is 9.87. The first kappa shape index (κ1) is 18.2. The van der Waals surface area contributed by atoms with Gasteiger partial charge in [0.2, 0.25) is 0 Å². The van der Waals surface area contributed by atoms with Crippen LogP contribution in [0.4, 0.5) is 0 Å². The molecule has 0 radical (unpaired) electrons. The van der Waals surface area contributed by atoms with Crippen molar-refractivity contribution in [3.8, 4) is 0 Å². The Kier molecular flexibility index (Phi) is 6.14. The van der Waals surface area contributed by atoms with Gasteiger partial charge in [0.05, 0.1) is 11.2 Å². The van der Waals surface area contributed by atoms with Gasteiger partial charge in [0, 0.05) is 12.0 Å². The van der Waals surface area contributed by atoms with Crippen molar-refractivity contribution >= 4 is 21.1 Å². The van der Waals surface area contributed by atoms with Gasteiger partial charge in [-0.25, -0.2) is 0 Å². The monoisotopic (exact) mass is 348 g/mol. The summed E-state index contributed by atoms with van der Waals surface area (Å²) in [4.78, 5) is -0.0666. The predicted molar refractivity (Wildman–Crippen MR) is 92.6 cm³/mol. The maximum atomic E-state index is 10.5. The van der Waals surface area contributed by atoms with Crippen molar-refractivity contribution in [1.82, 2.24) is 0 Å². The molecule has 0 spiro atoms. The summed E-state index contributed by atoms with van der Waals surface area (Å²) in [6.45, 7) is 2.08. The van der Waals surface area contributed by atoms with Gasteiger partial charge in [-0.1, -0.05) is 35.9 Å². The highest BCUT2D eigenvalue weighted by Gasteiger charge is 2.06. The summed E-state index contributed by atoms with van der Waals surface area (Å²) in [6.07, 6.45) is 3.46. The van der Waals surface area contributed by atoms with Crippen LogP contribution in [-0.2, 0) is 16.5 Å². The van der Waals surface area contributed by atoms with Gasteiger partial charge in [-0.2, -0.15) is 8.42 Å². The molecule has 0 saturated carbocycles. The molecule has 0 atom stereocenters. The number of hydrogen-bond donors (Lipinski definition) is 2. The molecule has 1 aromatic heterocycles. The smallest absolute Gasteiger partial charge is 0.294 e. The van der Waals surface area contributed by atoms with Gasteiger partial charge in [0.15, 0.2) is 0 Å². The van der Waals surface area contributed by atoms with E-state index >= 15 is 0 Å². The van der Waals surface area contributed by atoms with Crippen molar-refractivity contribution < 1.29 is 22.5 Å². The molecule has 0 aliphatic carbocycles. The third-order valence-electron chi connectivity index (χ3n) is 3.48. The Bertz CT molecular complexity index is 879. The molecule has 1 heterocycles. The van der Waals surface area contributed by atoms with Gasteiger partial charge >= 0.3 is 0 Å². The Morgan fingerprint density at radius 1 is 1.04 bits per heavy atom. The topological polar surface area (TPSA) is 87.7 Å². The first-order chi connectivity index (χ1) is 11.4. The fraction of sp³-hybridized carbons (Fsp3) is 0.222. The number of furan rings is 1. The minimum Gasteiger partial charge on any atom is -0.464 e. The van der Waals surface area contributed by atoms with Crippen LogP contribution >= 0.6 is 0 Å². The number of hydrogen-bond acceptors (Lipinski definition) is 4. The molecular weight excluding hydrogens is 328 g/mol. The second kappa shape index (κ2) is 8.10. The van der Waals surface area contributed by atoms with Crippen LogP contribution < -0.4 is 0 Å². The van der Waals surface area contributed by atoms with E-state index in [1.807, 2.05) is 31.2 Å². The van der Waals surface area contributed by atoms with Crippen molar-refractivity contribution in [1.29, 1.82) is 0 Å². The molecule has 128 valence electrons. The largest absolute Gasteiger partial charge is 0.464 e. The minimum absolute atomic E-state index is 0.0666. The lowest BCUT2D eigenvalue weighted by Gasteiger charge is -1.95. The van der Waals surface area contributed by atoms with E-state index in [0.29, 0.717) is 0 Å². The number of para-hydroxylation sites is 1. The zero-order valence-corrected chi connectivity index (χ0v) is 14.2. The van der Waals surface area contributed by atoms with Crippen LogP contribution in [0.15, 0.2) is 64.1 Å². The Hall–Kier alpha value is -2.15. The maximum Gasteiger partial charge on any atom is 0.294 e. The lowest BCUT2D eigenvalue weighted by molar-refractivity contribution is 0.288. The summed E-state index contributed by atoms with van der Waals surface area (Å²) in [5.41, 5.74) is 3.07. The highest BCUT2D eigenvalue weighted by molar-refractivity contribution is 7.85. The third kappa shape index (κ3) is 4.92. The van der Waals surface area contributed by atoms with Gasteiger partial charge in [-0.05, 0) is 43.5 Å². The lowest BCUT2D eigenvalue weighted by Crippen LogP contribution is -1.96. The zero-order chi connectivity index (χ0) is 17.6. The van der Waals surface area contributed by atoms with Gasteiger partial charge in [-0.15, -0.1) is 0 Å². The van der Waals surface area contributed by atoms with Gasteiger partial charge in [0.25, 0.3) is 10.1 Å². The van der Waals surface area contributed by atoms with Crippen LogP contribution in [0.1, 0.15) is 17.5 Å². The Labute approximate surface area is 141 Å². The van der Waals surface area contributed by atoms with E-state index in [-0.39, 0.29) is 11.5 Å². The predicted octanol–water partition coefficient (Wildman–Crippen LogP) is 3.60. The van der Waals surface area contributed by atoms with E-state index < -0.39 is 10.1 Å². The quantitative estimate of drug-likeness (QED) is 0.703. The fourth-order valence-corrected chi connectivity index (χ4v) is 2.69. The molecule has 0 fully saturated rings. The van der Waals surface area contributed by atoms with Gasteiger partial charge in [-0.3, -0.25) is 4.55 Å². The number of rotatable bonds is 4. The van der Waals surface area contributed by atoms with Crippen molar-refractivity contribution in [3.63, 3.8) is 0 Å². The summed E-state index contributed by atoms with van der Waals surface area (Å²) in [7, 11) is -4.02. The van der Waals surface area contributed by atoms with E-state index in [0.717, 1.165) is 29.4 Å². The second-order valence-corrected chi connectivity index (χ2v) is 6.79. The number of aliphatic hydroxyl groups is 1. The Morgan fingerprint density at radius 3 is 2.33 bits per heavy atom. The molecule has 3 rings (SSSR count). The maximum absolute atomic E-state index is 10.5. The van der Waals surface area contributed by atoms with Crippen LogP contribution in [0.3, 0.4) is 0 Å². The average Bonchev–Trinajstić information content (AvgIpc) is 2.96. The normalized spacial score (nSPS) is 11.1. The molecule has 5 nitrogen and oxygen atoms in total. The lowest BCUT2D eigenvalue weighted by atomic mass is 10.1. The van der Waals surface area contributed by atoms with Crippen LogP contribution in [-0.4, -0.2) is 24.7 Å². The molecule has 2 N–H and O–H groups in total. The van der Waals surface area contributed by atoms with Gasteiger partial charge < -0.3 is 9.52 Å².